The van der Waals surface area contributed by atoms with Gasteiger partial charge < -0.3 is 10.6 Å². The molecular formula is C19H28N2O. The molecule has 2 aliphatic rings. The van der Waals surface area contributed by atoms with Crippen LogP contribution in [0.3, 0.4) is 0 Å². The molecule has 1 aromatic carbocycles. The van der Waals surface area contributed by atoms with Crippen molar-refractivity contribution in [2.75, 3.05) is 6.54 Å². The van der Waals surface area contributed by atoms with Crippen LogP contribution in [0, 0.1) is 19.8 Å². The van der Waals surface area contributed by atoms with Crippen molar-refractivity contribution in [3.05, 3.63) is 34.9 Å². The Kier molecular flexibility index (Phi) is 4.53. The van der Waals surface area contributed by atoms with E-state index in [0.29, 0.717) is 5.91 Å². The number of benzene rings is 1. The summed E-state index contributed by atoms with van der Waals surface area (Å²) >= 11 is 0. The minimum atomic E-state index is 0.153. The zero-order chi connectivity index (χ0) is 15.7. The van der Waals surface area contributed by atoms with Crippen molar-refractivity contribution in [3.63, 3.8) is 0 Å². The largest absolute Gasteiger partial charge is 0.335 e. The molecule has 1 saturated heterocycles. The number of hydrogen-bond donors (Lipinski definition) is 1. The van der Waals surface area contributed by atoms with Crippen LogP contribution in [0.2, 0.25) is 0 Å². The van der Waals surface area contributed by atoms with Crippen LogP contribution in [0.4, 0.5) is 0 Å². The van der Waals surface area contributed by atoms with Crippen LogP contribution in [-0.2, 0) is 4.79 Å². The predicted molar refractivity (Wildman–Crippen MR) is 89.5 cm³/mol. The summed E-state index contributed by atoms with van der Waals surface area (Å²) in [6.07, 6.45) is 6.27. The topological polar surface area (TPSA) is 46.3 Å². The van der Waals surface area contributed by atoms with E-state index in [9.17, 15) is 4.79 Å². The van der Waals surface area contributed by atoms with Crippen LogP contribution in [-0.4, -0.2) is 23.4 Å². The van der Waals surface area contributed by atoms with Gasteiger partial charge in [-0.05, 0) is 69.1 Å². The molecule has 0 radical (unpaired) electrons. The summed E-state index contributed by atoms with van der Waals surface area (Å²) in [7, 11) is 0. The van der Waals surface area contributed by atoms with Gasteiger partial charge in [-0.25, -0.2) is 0 Å². The highest BCUT2D eigenvalue weighted by molar-refractivity contribution is 5.80. The zero-order valence-electron chi connectivity index (χ0n) is 13.8. The Morgan fingerprint density at radius 3 is 2.73 bits per heavy atom. The molecule has 3 nitrogen and oxygen atoms in total. The van der Waals surface area contributed by atoms with Crippen LogP contribution in [0.25, 0.3) is 0 Å². The molecule has 2 fully saturated rings. The van der Waals surface area contributed by atoms with Gasteiger partial charge in [-0.3, -0.25) is 4.79 Å². The summed E-state index contributed by atoms with van der Waals surface area (Å²) in [4.78, 5) is 15.2. The third-order valence-corrected chi connectivity index (χ3v) is 5.61. The number of nitrogens with two attached hydrogens (primary N) is 1. The van der Waals surface area contributed by atoms with E-state index < -0.39 is 0 Å². The van der Waals surface area contributed by atoms with E-state index in [4.69, 9.17) is 5.73 Å². The molecule has 120 valence electrons. The van der Waals surface area contributed by atoms with E-state index in [2.05, 4.69) is 36.9 Å². The van der Waals surface area contributed by atoms with Gasteiger partial charge in [0.2, 0.25) is 5.91 Å². The third-order valence-electron chi connectivity index (χ3n) is 5.61. The van der Waals surface area contributed by atoms with Gasteiger partial charge in [0.15, 0.2) is 0 Å². The van der Waals surface area contributed by atoms with Gasteiger partial charge in [-0.1, -0.05) is 18.2 Å². The van der Waals surface area contributed by atoms with E-state index in [1.165, 1.54) is 23.1 Å². The van der Waals surface area contributed by atoms with Gasteiger partial charge in [0.1, 0.15) is 0 Å². The maximum atomic E-state index is 13.0. The molecule has 2 N–H and O–H groups in total. The van der Waals surface area contributed by atoms with Crippen molar-refractivity contribution in [1.29, 1.82) is 0 Å². The minimum Gasteiger partial charge on any atom is -0.335 e. The van der Waals surface area contributed by atoms with Crippen LogP contribution >= 0.6 is 0 Å². The number of likely N-dealkylation sites (tertiary alicyclic amines) is 1. The first-order valence-electron chi connectivity index (χ1n) is 8.70. The molecule has 3 atom stereocenters. The van der Waals surface area contributed by atoms with Crippen LogP contribution < -0.4 is 5.73 Å². The molecule has 1 aromatic rings. The third kappa shape index (κ3) is 2.91. The van der Waals surface area contributed by atoms with Gasteiger partial charge in [0, 0.05) is 18.5 Å². The average Bonchev–Trinajstić information content (AvgIpc) is 2.96. The second kappa shape index (κ2) is 6.41. The second-order valence-corrected chi connectivity index (χ2v) is 7.10. The SMILES string of the molecule is Cc1cccc([C@@H]2CCCCN2C(=O)[C@@H]2CC[C@@H](N)C2)c1C. The summed E-state index contributed by atoms with van der Waals surface area (Å²) < 4.78 is 0. The van der Waals surface area contributed by atoms with Crippen molar-refractivity contribution >= 4 is 5.91 Å². The fraction of sp³-hybridized carbons (Fsp3) is 0.632. The Labute approximate surface area is 133 Å². The smallest absolute Gasteiger partial charge is 0.226 e. The number of nitrogens with zero attached hydrogens (tertiary/aromatic N) is 1. The number of carbonyl (C=O) groups excluding carboxylic acids is 1. The van der Waals surface area contributed by atoms with Gasteiger partial charge in [0.25, 0.3) is 0 Å². The van der Waals surface area contributed by atoms with Gasteiger partial charge in [-0.2, -0.15) is 0 Å². The van der Waals surface area contributed by atoms with Crippen LogP contribution in [0.15, 0.2) is 18.2 Å². The number of aryl methyl sites for hydroxylation is 1. The monoisotopic (exact) mass is 300 g/mol. The molecule has 0 spiro atoms. The molecule has 0 bridgehead atoms. The highest BCUT2D eigenvalue weighted by Gasteiger charge is 2.36. The highest BCUT2D eigenvalue weighted by atomic mass is 16.2. The number of carbonyl (C=O) groups is 1. The predicted octanol–water partition coefficient (Wildman–Crippen LogP) is 3.48. The van der Waals surface area contributed by atoms with E-state index in [0.717, 1.165) is 38.6 Å². The summed E-state index contributed by atoms with van der Waals surface area (Å²) in [6, 6.07) is 6.97. The minimum absolute atomic E-state index is 0.153. The van der Waals surface area contributed by atoms with Crippen molar-refractivity contribution in [3.8, 4) is 0 Å². The zero-order valence-corrected chi connectivity index (χ0v) is 13.8. The van der Waals surface area contributed by atoms with Gasteiger partial charge in [0.05, 0.1) is 6.04 Å². The number of piperidine rings is 1. The molecule has 1 saturated carbocycles. The molecule has 1 aliphatic carbocycles. The van der Waals surface area contributed by atoms with Crippen LogP contribution in [0.1, 0.15) is 61.3 Å². The Morgan fingerprint density at radius 1 is 1.18 bits per heavy atom. The van der Waals surface area contributed by atoms with E-state index in [1.54, 1.807) is 0 Å². The molecule has 1 heterocycles. The van der Waals surface area contributed by atoms with Crippen molar-refractivity contribution in [2.45, 2.75) is 64.5 Å². The lowest BCUT2D eigenvalue weighted by molar-refractivity contribution is -0.139. The Hall–Kier alpha value is -1.35. The summed E-state index contributed by atoms with van der Waals surface area (Å²) in [5.41, 5.74) is 10.0. The lowest BCUT2D eigenvalue weighted by Gasteiger charge is -2.38. The van der Waals surface area contributed by atoms with Crippen molar-refractivity contribution in [1.82, 2.24) is 4.90 Å². The number of rotatable bonds is 2. The Bertz CT molecular complexity index is 554. The molecule has 22 heavy (non-hydrogen) atoms. The van der Waals surface area contributed by atoms with Crippen molar-refractivity contribution in [2.24, 2.45) is 11.7 Å². The maximum absolute atomic E-state index is 13.0. The fourth-order valence-corrected chi connectivity index (χ4v) is 4.13. The van der Waals surface area contributed by atoms with Crippen LogP contribution in [0.5, 0.6) is 0 Å². The number of hydrogen-bond acceptors (Lipinski definition) is 2. The number of amides is 1. The molecule has 1 aliphatic heterocycles. The lowest BCUT2D eigenvalue weighted by Crippen LogP contribution is -2.42. The normalized spacial score (nSPS) is 28.9. The van der Waals surface area contributed by atoms with Gasteiger partial charge >= 0.3 is 0 Å². The first-order valence-corrected chi connectivity index (χ1v) is 8.70. The highest BCUT2D eigenvalue weighted by Crippen LogP contribution is 2.36. The Balaban J connectivity index is 1.85. The first kappa shape index (κ1) is 15.5. The summed E-state index contributed by atoms with van der Waals surface area (Å²) in [6.45, 7) is 5.25. The van der Waals surface area contributed by atoms with E-state index >= 15 is 0 Å². The lowest BCUT2D eigenvalue weighted by atomic mass is 9.89. The summed E-state index contributed by atoms with van der Waals surface area (Å²) in [5.74, 6) is 0.499. The van der Waals surface area contributed by atoms with Gasteiger partial charge in [-0.15, -0.1) is 0 Å². The molecule has 3 heteroatoms. The van der Waals surface area contributed by atoms with E-state index in [-0.39, 0.29) is 18.0 Å². The molecule has 3 rings (SSSR count). The average molecular weight is 300 g/mol. The molecular weight excluding hydrogens is 272 g/mol. The van der Waals surface area contributed by atoms with Crippen molar-refractivity contribution < 1.29 is 4.79 Å². The summed E-state index contributed by atoms with van der Waals surface area (Å²) in [5, 5.41) is 0. The molecule has 0 aromatic heterocycles. The quantitative estimate of drug-likeness (QED) is 0.909. The standard InChI is InChI=1S/C19H28N2O/c1-13-6-5-7-17(14(13)2)18-8-3-4-11-21(18)19(22)15-9-10-16(20)12-15/h5-7,15-16,18H,3-4,8-12,20H2,1-2H3/t15-,16-,18+/m1/s1. The second-order valence-electron chi connectivity index (χ2n) is 7.10. The fourth-order valence-electron chi connectivity index (χ4n) is 4.13. The molecule has 0 unspecified atom stereocenters. The Morgan fingerprint density at radius 2 is 2.00 bits per heavy atom. The van der Waals surface area contributed by atoms with E-state index in [1.807, 2.05) is 0 Å². The maximum Gasteiger partial charge on any atom is 0.226 e. The molecule has 1 amide bonds. The first-order chi connectivity index (χ1) is 10.6.